The molecule has 0 unspecified atom stereocenters. The van der Waals surface area contributed by atoms with Crippen molar-refractivity contribution in [3.8, 4) is 11.5 Å². The van der Waals surface area contributed by atoms with Gasteiger partial charge < -0.3 is 4.74 Å². The predicted octanol–water partition coefficient (Wildman–Crippen LogP) is 5.04. The molecule has 0 fully saturated rings. The van der Waals surface area contributed by atoms with Crippen LogP contribution in [0, 0.1) is 13.8 Å². The molecule has 2 rings (SSSR count). The van der Waals surface area contributed by atoms with Crippen molar-refractivity contribution in [2.45, 2.75) is 13.8 Å². The van der Waals surface area contributed by atoms with Crippen LogP contribution in [0.15, 0.2) is 47.6 Å². The SMILES string of the molecule is Cc1ccccc1Oc1ccc(N=[N+]=[N-])cc1C. The highest BCUT2D eigenvalue weighted by atomic mass is 16.5. The van der Waals surface area contributed by atoms with Gasteiger partial charge in [0.15, 0.2) is 0 Å². The molecular formula is C14H13N3O. The van der Waals surface area contributed by atoms with E-state index in [9.17, 15) is 0 Å². The van der Waals surface area contributed by atoms with E-state index in [0.717, 1.165) is 22.6 Å². The van der Waals surface area contributed by atoms with Crippen LogP contribution in [-0.4, -0.2) is 0 Å². The Morgan fingerprint density at radius 2 is 1.72 bits per heavy atom. The number of benzene rings is 2. The Labute approximate surface area is 105 Å². The van der Waals surface area contributed by atoms with Crippen molar-refractivity contribution >= 4 is 5.69 Å². The van der Waals surface area contributed by atoms with Crippen molar-refractivity contribution in [1.82, 2.24) is 0 Å². The molecule has 0 aliphatic rings. The first-order valence-electron chi connectivity index (χ1n) is 5.60. The van der Waals surface area contributed by atoms with Gasteiger partial charge in [-0.25, -0.2) is 0 Å². The first-order chi connectivity index (χ1) is 8.70. The van der Waals surface area contributed by atoms with Crippen LogP contribution in [0.25, 0.3) is 10.4 Å². The van der Waals surface area contributed by atoms with Crippen molar-refractivity contribution in [3.05, 3.63) is 64.0 Å². The molecule has 0 saturated carbocycles. The Morgan fingerprint density at radius 3 is 2.39 bits per heavy atom. The summed E-state index contributed by atoms with van der Waals surface area (Å²) in [4.78, 5) is 2.76. The van der Waals surface area contributed by atoms with Crippen molar-refractivity contribution < 1.29 is 4.74 Å². The molecule has 0 atom stereocenters. The van der Waals surface area contributed by atoms with Crippen LogP contribution in [-0.2, 0) is 0 Å². The fourth-order valence-corrected chi connectivity index (χ4v) is 1.65. The van der Waals surface area contributed by atoms with E-state index < -0.39 is 0 Å². The summed E-state index contributed by atoms with van der Waals surface area (Å²) in [6.45, 7) is 3.92. The first kappa shape index (κ1) is 12.0. The highest BCUT2D eigenvalue weighted by molar-refractivity contribution is 5.48. The van der Waals surface area contributed by atoms with Crippen molar-refractivity contribution in [3.63, 3.8) is 0 Å². The van der Waals surface area contributed by atoms with E-state index in [-0.39, 0.29) is 0 Å². The monoisotopic (exact) mass is 239 g/mol. The molecule has 0 amide bonds. The van der Waals surface area contributed by atoms with Gasteiger partial charge in [0.2, 0.25) is 0 Å². The zero-order valence-electron chi connectivity index (χ0n) is 10.3. The molecule has 18 heavy (non-hydrogen) atoms. The minimum Gasteiger partial charge on any atom is -0.457 e. The van der Waals surface area contributed by atoms with Gasteiger partial charge in [-0.1, -0.05) is 23.3 Å². The number of aryl methyl sites for hydroxylation is 2. The number of para-hydroxylation sites is 1. The Morgan fingerprint density at radius 1 is 1.00 bits per heavy atom. The maximum Gasteiger partial charge on any atom is 0.130 e. The lowest BCUT2D eigenvalue weighted by Gasteiger charge is -2.11. The summed E-state index contributed by atoms with van der Waals surface area (Å²) in [7, 11) is 0. The molecule has 0 radical (unpaired) electrons. The van der Waals surface area contributed by atoms with Gasteiger partial charge in [0, 0.05) is 10.6 Å². The summed E-state index contributed by atoms with van der Waals surface area (Å²) in [5, 5.41) is 3.56. The molecule has 90 valence electrons. The molecule has 4 heteroatoms. The molecule has 0 aromatic heterocycles. The minimum atomic E-state index is 0.590. The maximum absolute atomic E-state index is 8.38. The Balaban J connectivity index is 2.30. The molecule has 0 spiro atoms. The standard InChI is InChI=1S/C14H13N3O/c1-10-5-3-4-6-13(10)18-14-8-7-12(16-17-15)9-11(14)2/h3-9H,1-2H3. The Hall–Kier alpha value is -2.45. The molecule has 0 aliphatic heterocycles. The molecule has 2 aromatic carbocycles. The van der Waals surface area contributed by atoms with E-state index in [1.165, 1.54) is 0 Å². The zero-order chi connectivity index (χ0) is 13.0. The van der Waals surface area contributed by atoms with E-state index in [1.54, 1.807) is 12.1 Å². The summed E-state index contributed by atoms with van der Waals surface area (Å²) in [6.07, 6.45) is 0. The fraction of sp³-hybridized carbons (Fsp3) is 0.143. The minimum absolute atomic E-state index is 0.590. The third-order valence-corrected chi connectivity index (χ3v) is 2.63. The third-order valence-electron chi connectivity index (χ3n) is 2.63. The topological polar surface area (TPSA) is 58.0 Å². The highest BCUT2D eigenvalue weighted by Crippen LogP contribution is 2.29. The van der Waals surface area contributed by atoms with Crippen LogP contribution in [0.4, 0.5) is 5.69 Å². The van der Waals surface area contributed by atoms with E-state index in [4.69, 9.17) is 10.3 Å². The lowest BCUT2D eigenvalue weighted by atomic mass is 10.2. The fourth-order valence-electron chi connectivity index (χ4n) is 1.65. The van der Waals surface area contributed by atoms with Crippen LogP contribution < -0.4 is 4.74 Å². The number of nitrogens with zero attached hydrogens (tertiary/aromatic N) is 3. The second-order valence-corrected chi connectivity index (χ2v) is 4.01. The van der Waals surface area contributed by atoms with Gasteiger partial charge in [-0.3, -0.25) is 0 Å². The Bertz CT molecular complexity index is 616. The van der Waals surface area contributed by atoms with E-state index in [2.05, 4.69) is 10.0 Å². The van der Waals surface area contributed by atoms with Crippen LogP contribution in [0.2, 0.25) is 0 Å². The van der Waals surface area contributed by atoms with Crippen LogP contribution in [0.5, 0.6) is 11.5 Å². The van der Waals surface area contributed by atoms with Gasteiger partial charge >= 0.3 is 0 Å². The third kappa shape index (κ3) is 2.62. The molecule has 0 bridgehead atoms. The van der Waals surface area contributed by atoms with Crippen LogP contribution in [0.1, 0.15) is 11.1 Å². The quantitative estimate of drug-likeness (QED) is 0.420. The molecule has 4 nitrogen and oxygen atoms in total. The number of hydrogen-bond donors (Lipinski definition) is 0. The smallest absolute Gasteiger partial charge is 0.130 e. The average Bonchev–Trinajstić information content (AvgIpc) is 2.35. The molecule has 0 N–H and O–H groups in total. The van der Waals surface area contributed by atoms with Gasteiger partial charge in [0.05, 0.1) is 0 Å². The van der Waals surface area contributed by atoms with Crippen molar-refractivity contribution in [1.29, 1.82) is 0 Å². The van der Waals surface area contributed by atoms with E-state index in [1.807, 2.05) is 44.2 Å². The molecule has 0 heterocycles. The number of rotatable bonds is 3. The van der Waals surface area contributed by atoms with Gasteiger partial charge in [-0.2, -0.15) is 0 Å². The maximum atomic E-state index is 8.38. The number of azide groups is 1. The molecular weight excluding hydrogens is 226 g/mol. The van der Waals surface area contributed by atoms with Crippen LogP contribution in [0.3, 0.4) is 0 Å². The molecule has 0 aliphatic carbocycles. The summed E-state index contributed by atoms with van der Waals surface area (Å²) < 4.78 is 5.84. The molecule has 2 aromatic rings. The second kappa shape index (κ2) is 5.25. The average molecular weight is 239 g/mol. The Kier molecular flexibility index (Phi) is 3.51. The summed E-state index contributed by atoms with van der Waals surface area (Å²) in [5.41, 5.74) is 11.0. The normalized spacial score (nSPS) is 9.67. The summed E-state index contributed by atoms with van der Waals surface area (Å²) >= 11 is 0. The summed E-state index contributed by atoms with van der Waals surface area (Å²) in [5.74, 6) is 1.60. The largest absolute Gasteiger partial charge is 0.457 e. The van der Waals surface area contributed by atoms with Gasteiger partial charge in [-0.15, -0.1) is 0 Å². The van der Waals surface area contributed by atoms with E-state index in [0.29, 0.717) is 5.69 Å². The van der Waals surface area contributed by atoms with Gasteiger partial charge in [-0.05, 0) is 54.8 Å². The lowest BCUT2D eigenvalue weighted by molar-refractivity contribution is 0.475. The van der Waals surface area contributed by atoms with Crippen molar-refractivity contribution in [2.75, 3.05) is 0 Å². The molecule has 0 saturated heterocycles. The predicted molar refractivity (Wildman–Crippen MR) is 71.2 cm³/mol. The van der Waals surface area contributed by atoms with Gasteiger partial charge in [0.1, 0.15) is 11.5 Å². The zero-order valence-corrected chi connectivity index (χ0v) is 10.3. The van der Waals surface area contributed by atoms with Gasteiger partial charge in [0.25, 0.3) is 0 Å². The first-order valence-corrected chi connectivity index (χ1v) is 5.60. The van der Waals surface area contributed by atoms with Crippen molar-refractivity contribution in [2.24, 2.45) is 5.11 Å². The summed E-state index contributed by atoms with van der Waals surface area (Å²) in [6, 6.07) is 13.2. The lowest BCUT2D eigenvalue weighted by Crippen LogP contribution is -1.89. The second-order valence-electron chi connectivity index (χ2n) is 4.01. The highest BCUT2D eigenvalue weighted by Gasteiger charge is 2.04. The van der Waals surface area contributed by atoms with Crippen LogP contribution >= 0.6 is 0 Å². The van der Waals surface area contributed by atoms with E-state index >= 15 is 0 Å². The number of hydrogen-bond acceptors (Lipinski definition) is 2. The number of ether oxygens (including phenoxy) is 1.